The van der Waals surface area contributed by atoms with Crippen molar-refractivity contribution in [1.29, 1.82) is 0 Å². The zero-order valence-electron chi connectivity index (χ0n) is 10.0. The van der Waals surface area contributed by atoms with Crippen LogP contribution in [-0.4, -0.2) is 16.7 Å². The molecule has 1 atom stereocenters. The minimum Gasteiger partial charge on any atom is -0.348 e. The van der Waals surface area contributed by atoms with E-state index in [-0.39, 0.29) is 11.9 Å². The van der Waals surface area contributed by atoms with Crippen LogP contribution in [0.3, 0.4) is 0 Å². The molecule has 1 N–H and O–H groups in total. The van der Waals surface area contributed by atoms with Gasteiger partial charge in [-0.2, -0.15) is 5.10 Å². The van der Waals surface area contributed by atoms with Gasteiger partial charge in [-0.25, -0.2) is 8.78 Å². The lowest BCUT2D eigenvalue weighted by Crippen LogP contribution is -2.23. The molecule has 1 aliphatic rings. The summed E-state index contributed by atoms with van der Waals surface area (Å²) in [7, 11) is 0. The van der Waals surface area contributed by atoms with E-state index >= 15 is 0 Å². The molecule has 0 amide bonds. The average molecular weight is 375 g/mol. The molecular formula is C13H12F2IN3. The van der Waals surface area contributed by atoms with Gasteiger partial charge in [0, 0.05) is 18.2 Å². The van der Waals surface area contributed by atoms with Crippen molar-refractivity contribution in [2.24, 2.45) is 0 Å². The second-order valence-corrected chi connectivity index (χ2v) is 5.75. The van der Waals surface area contributed by atoms with Crippen molar-refractivity contribution in [2.45, 2.75) is 18.9 Å². The van der Waals surface area contributed by atoms with Crippen molar-refractivity contribution in [3.05, 3.63) is 45.2 Å². The lowest BCUT2D eigenvalue weighted by Gasteiger charge is -2.25. The lowest BCUT2D eigenvalue weighted by atomic mass is 10.0. The van der Waals surface area contributed by atoms with E-state index in [1.807, 2.05) is 11.0 Å². The molecule has 1 aromatic heterocycles. The molecule has 0 saturated carbocycles. The first-order valence-electron chi connectivity index (χ1n) is 6.07. The Morgan fingerprint density at radius 1 is 1.32 bits per heavy atom. The van der Waals surface area contributed by atoms with Crippen LogP contribution in [0.4, 0.5) is 14.6 Å². The van der Waals surface area contributed by atoms with Crippen molar-refractivity contribution in [1.82, 2.24) is 10.2 Å². The molecule has 0 spiro atoms. The van der Waals surface area contributed by atoms with E-state index in [2.05, 4.69) is 32.8 Å². The van der Waals surface area contributed by atoms with Gasteiger partial charge in [0.2, 0.25) is 0 Å². The van der Waals surface area contributed by atoms with E-state index in [9.17, 15) is 8.78 Å². The number of anilines is 1. The minimum atomic E-state index is -0.403. The first-order chi connectivity index (χ1) is 9.15. The van der Waals surface area contributed by atoms with Gasteiger partial charge in [0.1, 0.15) is 11.6 Å². The highest BCUT2D eigenvalue weighted by molar-refractivity contribution is 14.1. The summed E-state index contributed by atoms with van der Waals surface area (Å²) in [6, 6.07) is 5.40. The van der Waals surface area contributed by atoms with Gasteiger partial charge in [-0.3, -0.25) is 5.10 Å². The molecule has 3 rings (SSSR count). The number of rotatable bonds is 2. The molecule has 0 unspecified atom stereocenters. The minimum absolute atomic E-state index is 0.144. The summed E-state index contributed by atoms with van der Waals surface area (Å²) < 4.78 is 28.1. The number of nitrogens with one attached hydrogen (secondary N) is 1. The topological polar surface area (TPSA) is 31.9 Å². The standard InChI is InChI=1S/C13H12F2IN3/c14-8-3-4-10(15)9(6-8)11-2-1-5-19(11)13-7-12(16)17-18-13/h3-4,6-7,11H,1-2,5H2,(H,17,18)/t11-/m1/s1. The molecule has 1 saturated heterocycles. The fourth-order valence-corrected chi connectivity index (χ4v) is 2.97. The maximum absolute atomic E-state index is 13.9. The molecule has 2 heterocycles. The Bertz CT molecular complexity index is 599. The molecule has 0 aliphatic carbocycles. The van der Waals surface area contributed by atoms with Gasteiger partial charge in [0.25, 0.3) is 0 Å². The normalized spacial score (nSPS) is 19.1. The molecule has 6 heteroatoms. The average Bonchev–Trinajstić information content (AvgIpc) is 3.00. The van der Waals surface area contributed by atoms with Crippen LogP contribution in [0.1, 0.15) is 24.4 Å². The van der Waals surface area contributed by atoms with Crippen LogP contribution in [0.15, 0.2) is 24.3 Å². The van der Waals surface area contributed by atoms with Gasteiger partial charge < -0.3 is 4.90 Å². The third kappa shape index (κ3) is 2.45. The van der Waals surface area contributed by atoms with Crippen LogP contribution in [0.25, 0.3) is 0 Å². The highest BCUT2D eigenvalue weighted by Gasteiger charge is 2.30. The predicted octanol–water partition coefficient (Wildman–Crippen LogP) is 3.63. The van der Waals surface area contributed by atoms with Crippen LogP contribution in [0.2, 0.25) is 0 Å². The number of H-pyrrole nitrogens is 1. The number of aromatic nitrogens is 2. The van der Waals surface area contributed by atoms with Crippen molar-refractivity contribution in [3.8, 4) is 0 Å². The molecule has 0 bridgehead atoms. The summed E-state index contributed by atoms with van der Waals surface area (Å²) in [6.45, 7) is 0.807. The van der Waals surface area contributed by atoms with E-state index in [1.165, 1.54) is 12.1 Å². The maximum atomic E-state index is 13.9. The molecular weight excluding hydrogens is 363 g/mol. The second-order valence-electron chi connectivity index (χ2n) is 4.59. The Balaban J connectivity index is 1.97. The number of halogens is 3. The fraction of sp³-hybridized carbons (Fsp3) is 0.308. The molecule has 19 heavy (non-hydrogen) atoms. The second kappa shape index (κ2) is 5.07. The van der Waals surface area contributed by atoms with Gasteiger partial charge in [-0.1, -0.05) is 0 Å². The summed E-state index contributed by atoms with van der Waals surface area (Å²) in [6.07, 6.45) is 1.76. The largest absolute Gasteiger partial charge is 0.348 e. The van der Waals surface area contributed by atoms with E-state index in [0.717, 1.165) is 35.0 Å². The highest BCUT2D eigenvalue weighted by Crippen LogP contribution is 2.36. The van der Waals surface area contributed by atoms with Crippen molar-refractivity contribution >= 4 is 28.4 Å². The zero-order valence-corrected chi connectivity index (χ0v) is 12.2. The zero-order chi connectivity index (χ0) is 13.4. The van der Waals surface area contributed by atoms with E-state index in [0.29, 0.717) is 5.56 Å². The SMILES string of the molecule is Fc1ccc(F)c([C@H]2CCCN2c2cc(I)[nH]n2)c1. The van der Waals surface area contributed by atoms with Gasteiger partial charge in [0.05, 0.1) is 9.74 Å². The smallest absolute Gasteiger partial charge is 0.151 e. The van der Waals surface area contributed by atoms with E-state index < -0.39 is 5.82 Å². The van der Waals surface area contributed by atoms with Gasteiger partial charge in [-0.15, -0.1) is 0 Å². The first-order valence-corrected chi connectivity index (χ1v) is 7.15. The Morgan fingerprint density at radius 2 is 2.16 bits per heavy atom. The molecule has 1 aliphatic heterocycles. The van der Waals surface area contributed by atoms with Crippen molar-refractivity contribution in [2.75, 3.05) is 11.4 Å². The Labute approximate surface area is 123 Å². The Kier molecular flexibility index (Phi) is 3.42. The third-order valence-corrected chi connectivity index (χ3v) is 3.95. The number of aromatic amines is 1. The maximum Gasteiger partial charge on any atom is 0.151 e. The van der Waals surface area contributed by atoms with Crippen LogP contribution >= 0.6 is 22.6 Å². The highest BCUT2D eigenvalue weighted by atomic mass is 127. The molecule has 0 radical (unpaired) electrons. The van der Waals surface area contributed by atoms with Crippen LogP contribution in [0, 0.1) is 15.3 Å². The fourth-order valence-electron chi connectivity index (χ4n) is 2.57. The Morgan fingerprint density at radius 3 is 2.89 bits per heavy atom. The van der Waals surface area contributed by atoms with Gasteiger partial charge in [0.15, 0.2) is 5.82 Å². The van der Waals surface area contributed by atoms with Gasteiger partial charge in [-0.05, 0) is 53.6 Å². The molecule has 1 aromatic carbocycles. The van der Waals surface area contributed by atoms with Crippen molar-refractivity contribution < 1.29 is 8.78 Å². The summed E-state index contributed by atoms with van der Waals surface area (Å²) in [5.41, 5.74) is 0.413. The monoisotopic (exact) mass is 375 g/mol. The summed E-state index contributed by atoms with van der Waals surface area (Å²) in [5.74, 6) is 0.0268. The van der Waals surface area contributed by atoms with E-state index in [1.54, 1.807) is 0 Å². The van der Waals surface area contributed by atoms with Crippen molar-refractivity contribution in [3.63, 3.8) is 0 Å². The third-order valence-electron chi connectivity index (χ3n) is 3.40. The molecule has 2 aromatic rings. The van der Waals surface area contributed by atoms with Crippen LogP contribution < -0.4 is 4.90 Å². The number of hydrogen-bond donors (Lipinski definition) is 1. The predicted molar refractivity (Wildman–Crippen MR) is 77.0 cm³/mol. The summed E-state index contributed by atoms with van der Waals surface area (Å²) >= 11 is 2.14. The molecule has 3 nitrogen and oxygen atoms in total. The number of hydrogen-bond acceptors (Lipinski definition) is 2. The lowest BCUT2D eigenvalue weighted by molar-refractivity contribution is 0.560. The first kappa shape index (κ1) is 12.8. The Hall–Kier alpha value is -1.18. The van der Waals surface area contributed by atoms with Crippen LogP contribution in [0.5, 0.6) is 0 Å². The quantitative estimate of drug-likeness (QED) is 0.813. The van der Waals surface area contributed by atoms with E-state index in [4.69, 9.17) is 0 Å². The molecule has 1 fully saturated rings. The van der Waals surface area contributed by atoms with Gasteiger partial charge >= 0.3 is 0 Å². The number of nitrogens with zero attached hydrogens (tertiary/aromatic N) is 2. The van der Waals surface area contributed by atoms with Crippen LogP contribution in [-0.2, 0) is 0 Å². The summed E-state index contributed by atoms with van der Waals surface area (Å²) in [5, 5.41) is 7.07. The number of benzene rings is 1. The summed E-state index contributed by atoms with van der Waals surface area (Å²) in [4.78, 5) is 2.02. The molecule has 100 valence electrons.